The molecule has 0 atom stereocenters. The van der Waals surface area contributed by atoms with Crippen LogP contribution in [0.3, 0.4) is 0 Å². The van der Waals surface area contributed by atoms with E-state index in [1.807, 2.05) is 0 Å². The van der Waals surface area contributed by atoms with Crippen molar-refractivity contribution in [1.29, 1.82) is 0 Å². The SMILES string of the molecule is CC(C)(CCN)CCOc1cccc(F)c1. The number of hydrogen-bond acceptors (Lipinski definition) is 2. The maximum atomic E-state index is 12.9. The van der Waals surface area contributed by atoms with Crippen molar-refractivity contribution in [2.75, 3.05) is 13.2 Å². The first kappa shape index (κ1) is 13.0. The van der Waals surface area contributed by atoms with E-state index in [1.54, 1.807) is 12.1 Å². The minimum absolute atomic E-state index is 0.183. The Morgan fingerprint density at radius 2 is 2.06 bits per heavy atom. The standard InChI is InChI=1S/C13H20FNO/c1-13(2,6-8-15)7-9-16-12-5-3-4-11(14)10-12/h3-5,10H,6-9,15H2,1-2H3. The Hall–Kier alpha value is -1.09. The van der Waals surface area contributed by atoms with Gasteiger partial charge in [-0.1, -0.05) is 19.9 Å². The fraction of sp³-hybridized carbons (Fsp3) is 0.538. The molecule has 0 fully saturated rings. The van der Waals surface area contributed by atoms with E-state index in [0.717, 1.165) is 12.8 Å². The highest BCUT2D eigenvalue weighted by molar-refractivity contribution is 5.22. The molecule has 0 unspecified atom stereocenters. The Kier molecular flexibility index (Phi) is 4.74. The van der Waals surface area contributed by atoms with Crippen LogP contribution < -0.4 is 10.5 Å². The number of ether oxygens (including phenoxy) is 1. The van der Waals surface area contributed by atoms with E-state index in [2.05, 4.69) is 13.8 Å². The van der Waals surface area contributed by atoms with E-state index in [-0.39, 0.29) is 11.2 Å². The highest BCUT2D eigenvalue weighted by Crippen LogP contribution is 2.24. The summed E-state index contributed by atoms with van der Waals surface area (Å²) in [5.74, 6) is 0.322. The minimum Gasteiger partial charge on any atom is -0.493 e. The highest BCUT2D eigenvalue weighted by Gasteiger charge is 2.16. The maximum absolute atomic E-state index is 12.9. The van der Waals surface area contributed by atoms with Gasteiger partial charge in [0.1, 0.15) is 11.6 Å². The first-order valence-corrected chi connectivity index (χ1v) is 5.62. The van der Waals surface area contributed by atoms with Crippen LogP contribution in [0, 0.1) is 11.2 Å². The number of hydrogen-bond donors (Lipinski definition) is 1. The first-order chi connectivity index (χ1) is 7.53. The molecule has 3 heteroatoms. The van der Waals surface area contributed by atoms with E-state index in [1.165, 1.54) is 12.1 Å². The van der Waals surface area contributed by atoms with Crippen molar-refractivity contribution in [1.82, 2.24) is 0 Å². The van der Waals surface area contributed by atoms with Crippen molar-refractivity contribution in [3.8, 4) is 5.75 Å². The number of nitrogens with two attached hydrogens (primary N) is 1. The first-order valence-electron chi connectivity index (χ1n) is 5.62. The summed E-state index contributed by atoms with van der Waals surface area (Å²) in [4.78, 5) is 0. The molecule has 90 valence electrons. The Morgan fingerprint density at radius 3 is 2.69 bits per heavy atom. The Bertz CT molecular complexity index is 325. The fourth-order valence-electron chi connectivity index (χ4n) is 1.52. The molecule has 0 bridgehead atoms. The third-order valence-corrected chi connectivity index (χ3v) is 2.66. The zero-order chi connectivity index (χ0) is 12.0. The predicted molar refractivity (Wildman–Crippen MR) is 64.0 cm³/mol. The molecule has 0 radical (unpaired) electrons. The molecule has 0 aromatic heterocycles. The predicted octanol–water partition coefficient (Wildman–Crippen LogP) is 2.97. The van der Waals surface area contributed by atoms with Crippen LogP contribution in [0.1, 0.15) is 26.7 Å². The van der Waals surface area contributed by atoms with E-state index in [0.29, 0.717) is 18.9 Å². The zero-order valence-corrected chi connectivity index (χ0v) is 10.0. The summed E-state index contributed by atoms with van der Waals surface area (Å²) in [5, 5.41) is 0. The Morgan fingerprint density at radius 1 is 1.31 bits per heavy atom. The molecule has 0 saturated carbocycles. The van der Waals surface area contributed by atoms with E-state index < -0.39 is 0 Å². The molecule has 2 nitrogen and oxygen atoms in total. The fourth-order valence-corrected chi connectivity index (χ4v) is 1.52. The van der Waals surface area contributed by atoms with Gasteiger partial charge in [0.2, 0.25) is 0 Å². The van der Waals surface area contributed by atoms with Gasteiger partial charge in [-0.05, 0) is 36.9 Å². The summed E-state index contributed by atoms with van der Waals surface area (Å²) < 4.78 is 18.3. The van der Waals surface area contributed by atoms with Gasteiger partial charge in [0.05, 0.1) is 6.61 Å². The molecule has 16 heavy (non-hydrogen) atoms. The van der Waals surface area contributed by atoms with Crippen molar-refractivity contribution in [3.63, 3.8) is 0 Å². The summed E-state index contributed by atoms with van der Waals surface area (Å²) in [6.07, 6.45) is 1.89. The number of rotatable bonds is 6. The third kappa shape index (κ3) is 4.62. The molecule has 0 aliphatic carbocycles. The van der Waals surface area contributed by atoms with Crippen LogP contribution >= 0.6 is 0 Å². The summed E-state index contributed by atoms with van der Waals surface area (Å²) in [7, 11) is 0. The van der Waals surface area contributed by atoms with Gasteiger partial charge in [0, 0.05) is 6.07 Å². The van der Waals surface area contributed by atoms with Gasteiger partial charge in [-0.3, -0.25) is 0 Å². The Balaban J connectivity index is 2.35. The molecule has 1 rings (SSSR count). The lowest BCUT2D eigenvalue weighted by Crippen LogP contribution is -2.19. The molecule has 0 amide bonds. The van der Waals surface area contributed by atoms with Crippen molar-refractivity contribution in [3.05, 3.63) is 30.1 Å². The highest BCUT2D eigenvalue weighted by atomic mass is 19.1. The maximum Gasteiger partial charge on any atom is 0.126 e. The average Bonchev–Trinajstić information content (AvgIpc) is 2.17. The minimum atomic E-state index is -0.265. The van der Waals surface area contributed by atoms with Crippen LogP contribution in [-0.4, -0.2) is 13.2 Å². The number of benzene rings is 1. The lowest BCUT2D eigenvalue weighted by atomic mass is 9.86. The quantitative estimate of drug-likeness (QED) is 0.807. The smallest absolute Gasteiger partial charge is 0.126 e. The molecule has 0 saturated heterocycles. The van der Waals surface area contributed by atoms with Crippen molar-refractivity contribution < 1.29 is 9.13 Å². The largest absolute Gasteiger partial charge is 0.493 e. The molecule has 0 aliphatic heterocycles. The summed E-state index contributed by atoms with van der Waals surface area (Å²) in [6, 6.07) is 6.22. The monoisotopic (exact) mass is 225 g/mol. The Labute approximate surface area is 96.6 Å². The van der Waals surface area contributed by atoms with Gasteiger partial charge >= 0.3 is 0 Å². The van der Waals surface area contributed by atoms with E-state index >= 15 is 0 Å². The number of halogens is 1. The van der Waals surface area contributed by atoms with Crippen LogP contribution in [0.15, 0.2) is 24.3 Å². The summed E-state index contributed by atoms with van der Waals surface area (Å²) >= 11 is 0. The average molecular weight is 225 g/mol. The van der Waals surface area contributed by atoms with Crippen molar-refractivity contribution in [2.45, 2.75) is 26.7 Å². The topological polar surface area (TPSA) is 35.2 Å². The lowest BCUT2D eigenvalue weighted by Gasteiger charge is -2.23. The molecule has 1 aromatic rings. The third-order valence-electron chi connectivity index (χ3n) is 2.66. The zero-order valence-electron chi connectivity index (χ0n) is 10.0. The van der Waals surface area contributed by atoms with Crippen LogP contribution in [0.5, 0.6) is 5.75 Å². The van der Waals surface area contributed by atoms with Crippen molar-refractivity contribution >= 4 is 0 Å². The van der Waals surface area contributed by atoms with E-state index in [9.17, 15) is 4.39 Å². The molecule has 0 spiro atoms. The molecule has 0 heterocycles. The normalized spacial score (nSPS) is 11.5. The van der Waals surface area contributed by atoms with Crippen molar-refractivity contribution in [2.24, 2.45) is 11.1 Å². The molecule has 1 aromatic carbocycles. The molecular formula is C13H20FNO. The summed E-state index contributed by atoms with van der Waals surface area (Å²) in [5.41, 5.74) is 5.71. The van der Waals surface area contributed by atoms with Crippen LogP contribution in [0.2, 0.25) is 0 Å². The lowest BCUT2D eigenvalue weighted by molar-refractivity contribution is 0.219. The molecule has 2 N–H and O–H groups in total. The van der Waals surface area contributed by atoms with Gasteiger partial charge in [-0.25, -0.2) is 4.39 Å². The van der Waals surface area contributed by atoms with Gasteiger partial charge in [0.15, 0.2) is 0 Å². The second-order valence-corrected chi connectivity index (χ2v) is 4.76. The second-order valence-electron chi connectivity index (χ2n) is 4.76. The van der Waals surface area contributed by atoms with Crippen LogP contribution in [-0.2, 0) is 0 Å². The van der Waals surface area contributed by atoms with Crippen LogP contribution in [0.25, 0.3) is 0 Å². The van der Waals surface area contributed by atoms with Gasteiger partial charge in [0.25, 0.3) is 0 Å². The molecular weight excluding hydrogens is 205 g/mol. The molecule has 0 aliphatic rings. The second kappa shape index (κ2) is 5.85. The van der Waals surface area contributed by atoms with Gasteiger partial charge < -0.3 is 10.5 Å². The van der Waals surface area contributed by atoms with Crippen LogP contribution in [0.4, 0.5) is 4.39 Å². The summed E-state index contributed by atoms with van der Waals surface area (Å²) in [6.45, 7) is 5.60. The van der Waals surface area contributed by atoms with Gasteiger partial charge in [-0.2, -0.15) is 0 Å². The van der Waals surface area contributed by atoms with Gasteiger partial charge in [-0.15, -0.1) is 0 Å². The van der Waals surface area contributed by atoms with E-state index in [4.69, 9.17) is 10.5 Å².